The van der Waals surface area contributed by atoms with Gasteiger partial charge >= 0.3 is 12.1 Å². The van der Waals surface area contributed by atoms with Gasteiger partial charge in [-0.1, -0.05) is 12.7 Å². The zero-order valence-corrected chi connectivity index (χ0v) is 4.53. The predicted molar refractivity (Wildman–Crippen MR) is 26.5 cm³/mol. The topological polar surface area (TPSA) is 9.23 Å². The summed E-state index contributed by atoms with van der Waals surface area (Å²) in [4.78, 5) is 0. The summed E-state index contributed by atoms with van der Waals surface area (Å²) < 4.78 is 37.6. The minimum Gasteiger partial charge on any atom is -0.463 e. The summed E-state index contributed by atoms with van der Waals surface area (Å²) in [6.07, 6.45) is -1.28. The molecule has 9 heavy (non-hydrogen) atoms. The van der Waals surface area contributed by atoms with Gasteiger partial charge in [0.25, 0.3) is 0 Å². The minimum atomic E-state index is -2.45. The van der Waals surface area contributed by atoms with Crippen molar-refractivity contribution in [2.75, 3.05) is 6.61 Å². The molecule has 0 atom stereocenters. The van der Waals surface area contributed by atoms with Crippen LogP contribution in [0.5, 0.6) is 0 Å². The first kappa shape index (κ1) is 8.07. The fraction of sp³-hybridized carbons (Fsp3) is 0.200. The van der Waals surface area contributed by atoms with Crippen LogP contribution < -0.4 is 0 Å². The van der Waals surface area contributed by atoms with E-state index in [0.717, 1.165) is 0 Å². The highest BCUT2D eigenvalue weighted by atomic mass is 19.3. The fourth-order valence-electron chi connectivity index (χ4n) is 0.187. The van der Waals surface area contributed by atoms with E-state index in [2.05, 4.69) is 11.3 Å². The minimum absolute atomic E-state index is 0.247. The van der Waals surface area contributed by atoms with Crippen LogP contribution in [0.25, 0.3) is 0 Å². The molecule has 0 aliphatic carbocycles. The Morgan fingerprint density at radius 2 is 2.00 bits per heavy atom. The maximum Gasteiger partial charge on any atom is 0.342 e. The van der Waals surface area contributed by atoms with Gasteiger partial charge in [-0.3, -0.25) is 0 Å². The first-order valence-electron chi connectivity index (χ1n) is 2.13. The lowest BCUT2D eigenvalue weighted by Crippen LogP contribution is -1.86. The van der Waals surface area contributed by atoms with E-state index in [9.17, 15) is 13.2 Å². The quantitative estimate of drug-likeness (QED) is 0.429. The second-order valence-electron chi connectivity index (χ2n) is 1.13. The van der Waals surface area contributed by atoms with Crippen LogP contribution >= 0.6 is 0 Å². The summed E-state index contributed by atoms with van der Waals surface area (Å²) in [5.41, 5.74) is 0. The van der Waals surface area contributed by atoms with Gasteiger partial charge in [0.05, 0.1) is 0 Å². The molecule has 0 saturated carbocycles. The standard InChI is InChI=1S/C5H5F3O/c1-2-3-9-5(8)4(6)7/h2H,1,3H2. The zero-order valence-electron chi connectivity index (χ0n) is 4.53. The van der Waals surface area contributed by atoms with E-state index in [0.29, 0.717) is 0 Å². The molecule has 52 valence electrons. The normalized spacial score (nSPS) is 8.33. The Morgan fingerprint density at radius 1 is 1.44 bits per heavy atom. The molecular formula is C5H5F3O. The first-order chi connectivity index (χ1) is 4.18. The van der Waals surface area contributed by atoms with E-state index in [1.54, 1.807) is 0 Å². The molecule has 0 bridgehead atoms. The zero-order chi connectivity index (χ0) is 7.28. The summed E-state index contributed by atoms with van der Waals surface area (Å²) in [6.45, 7) is 2.89. The lowest BCUT2D eigenvalue weighted by atomic mass is 10.7. The Morgan fingerprint density at radius 3 is 2.33 bits per heavy atom. The Labute approximate surface area is 50.4 Å². The molecule has 0 saturated heterocycles. The van der Waals surface area contributed by atoms with Gasteiger partial charge in [0.2, 0.25) is 0 Å². The van der Waals surface area contributed by atoms with Gasteiger partial charge in [0, 0.05) is 0 Å². The predicted octanol–water partition coefficient (Wildman–Crippen LogP) is 2.22. The molecule has 0 fully saturated rings. The average Bonchev–Trinajstić information content (AvgIpc) is 1.82. The lowest BCUT2D eigenvalue weighted by Gasteiger charge is -1.94. The van der Waals surface area contributed by atoms with Crippen LogP contribution in [0.2, 0.25) is 0 Å². The Kier molecular flexibility index (Phi) is 3.59. The van der Waals surface area contributed by atoms with Crippen molar-refractivity contribution in [2.24, 2.45) is 0 Å². The summed E-state index contributed by atoms with van der Waals surface area (Å²) in [5, 5.41) is 0. The number of rotatable bonds is 3. The van der Waals surface area contributed by atoms with E-state index in [1.165, 1.54) is 6.08 Å². The van der Waals surface area contributed by atoms with Crippen LogP contribution in [0, 0.1) is 0 Å². The Bertz CT molecular complexity index is 126. The van der Waals surface area contributed by atoms with Crippen LogP contribution in [0.3, 0.4) is 0 Å². The van der Waals surface area contributed by atoms with Crippen molar-refractivity contribution >= 4 is 0 Å². The number of hydrogen-bond donors (Lipinski definition) is 0. The molecule has 4 heteroatoms. The third-order valence-electron chi connectivity index (χ3n) is 0.476. The van der Waals surface area contributed by atoms with Gasteiger partial charge in [-0.2, -0.15) is 13.2 Å². The molecule has 0 N–H and O–H groups in total. The SMILES string of the molecule is C=CCOC(F)=C(F)F. The summed E-state index contributed by atoms with van der Waals surface area (Å²) in [7, 11) is 0. The van der Waals surface area contributed by atoms with E-state index in [1.807, 2.05) is 0 Å². The lowest BCUT2D eigenvalue weighted by molar-refractivity contribution is 0.141. The summed E-state index contributed by atoms with van der Waals surface area (Å²) in [5.74, 6) is 0. The van der Waals surface area contributed by atoms with Gasteiger partial charge < -0.3 is 4.74 Å². The number of halogens is 3. The van der Waals surface area contributed by atoms with Crippen LogP contribution in [0.1, 0.15) is 0 Å². The van der Waals surface area contributed by atoms with Crippen molar-refractivity contribution < 1.29 is 17.9 Å². The monoisotopic (exact) mass is 138 g/mol. The highest BCUT2D eigenvalue weighted by Gasteiger charge is 2.03. The van der Waals surface area contributed by atoms with Crippen molar-refractivity contribution in [3.8, 4) is 0 Å². The molecule has 0 aromatic rings. The molecular weight excluding hydrogens is 133 g/mol. The summed E-state index contributed by atoms with van der Waals surface area (Å²) in [6, 6.07) is -1.84. The van der Waals surface area contributed by atoms with Crippen LogP contribution in [0.4, 0.5) is 13.2 Å². The average molecular weight is 138 g/mol. The molecule has 0 radical (unpaired) electrons. The molecule has 0 aromatic heterocycles. The van der Waals surface area contributed by atoms with E-state index < -0.39 is 12.1 Å². The van der Waals surface area contributed by atoms with Crippen molar-refractivity contribution in [2.45, 2.75) is 0 Å². The third kappa shape index (κ3) is 3.64. The van der Waals surface area contributed by atoms with Gasteiger partial charge in [0.15, 0.2) is 0 Å². The first-order valence-corrected chi connectivity index (χ1v) is 2.13. The van der Waals surface area contributed by atoms with Gasteiger partial charge in [-0.05, 0) is 0 Å². The molecule has 0 rings (SSSR count). The van der Waals surface area contributed by atoms with Gasteiger partial charge in [-0.25, -0.2) is 0 Å². The molecule has 0 aliphatic rings. The number of hydrogen-bond acceptors (Lipinski definition) is 1. The van der Waals surface area contributed by atoms with E-state index >= 15 is 0 Å². The van der Waals surface area contributed by atoms with Crippen molar-refractivity contribution in [3.05, 3.63) is 24.7 Å². The van der Waals surface area contributed by atoms with Gasteiger partial charge in [0.1, 0.15) is 6.61 Å². The Hall–Kier alpha value is -0.930. The Balaban J connectivity index is 3.62. The maximum atomic E-state index is 11.6. The second-order valence-corrected chi connectivity index (χ2v) is 1.13. The molecule has 1 nitrogen and oxygen atoms in total. The highest BCUT2D eigenvalue weighted by molar-refractivity contribution is 4.82. The molecule has 0 amide bonds. The van der Waals surface area contributed by atoms with Crippen LogP contribution in [-0.4, -0.2) is 6.61 Å². The van der Waals surface area contributed by atoms with Crippen LogP contribution in [0.15, 0.2) is 24.7 Å². The molecule has 0 spiro atoms. The molecule has 0 aliphatic heterocycles. The maximum absolute atomic E-state index is 11.6. The smallest absolute Gasteiger partial charge is 0.342 e. The summed E-state index contributed by atoms with van der Waals surface area (Å²) >= 11 is 0. The van der Waals surface area contributed by atoms with Gasteiger partial charge in [-0.15, -0.1) is 0 Å². The van der Waals surface area contributed by atoms with Crippen LogP contribution in [-0.2, 0) is 4.74 Å². The second kappa shape index (κ2) is 4.00. The van der Waals surface area contributed by atoms with E-state index in [4.69, 9.17) is 0 Å². The van der Waals surface area contributed by atoms with Crippen molar-refractivity contribution in [1.82, 2.24) is 0 Å². The van der Waals surface area contributed by atoms with E-state index in [-0.39, 0.29) is 6.61 Å². The molecule has 0 aromatic carbocycles. The highest BCUT2D eigenvalue weighted by Crippen LogP contribution is 2.09. The van der Waals surface area contributed by atoms with Crippen molar-refractivity contribution in [3.63, 3.8) is 0 Å². The number of ether oxygens (including phenoxy) is 1. The fourth-order valence-corrected chi connectivity index (χ4v) is 0.187. The largest absolute Gasteiger partial charge is 0.463 e. The molecule has 0 unspecified atom stereocenters. The third-order valence-corrected chi connectivity index (χ3v) is 0.476. The molecule has 0 heterocycles. The van der Waals surface area contributed by atoms with Crippen molar-refractivity contribution in [1.29, 1.82) is 0 Å².